The summed E-state index contributed by atoms with van der Waals surface area (Å²) in [5, 5.41) is 8.62. The van der Waals surface area contributed by atoms with E-state index in [9.17, 15) is 14.4 Å². The summed E-state index contributed by atoms with van der Waals surface area (Å²) in [7, 11) is 0. The number of hydrogen-bond acceptors (Lipinski definition) is 3. The molecule has 0 spiro atoms. The first-order valence-electron chi connectivity index (χ1n) is 6.17. The average molecular weight is 239 g/mol. The zero-order chi connectivity index (χ0) is 12.4. The molecule has 1 saturated carbocycles. The molecule has 0 radical (unpaired) electrons. The van der Waals surface area contributed by atoms with Gasteiger partial charge in [-0.15, -0.1) is 0 Å². The minimum Gasteiger partial charge on any atom is -0.481 e. The third-order valence-electron chi connectivity index (χ3n) is 3.71. The highest BCUT2D eigenvalue weighted by Gasteiger charge is 2.40. The standard InChI is InChI=1S/C12H17NO4/c14-10-6-4-8(5-7-11(15)16)12(17)13(10)9-2-1-3-9/h8-9H,1-7H2,(H,15,16). The molecule has 0 aromatic heterocycles. The Hall–Kier alpha value is -1.39. The number of carbonyl (C=O) groups is 3. The van der Waals surface area contributed by atoms with Crippen LogP contribution in [0.3, 0.4) is 0 Å². The Morgan fingerprint density at radius 1 is 1.29 bits per heavy atom. The topological polar surface area (TPSA) is 74.7 Å². The summed E-state index contributed by atoms with van der Waals surface area (Å²) in [5.74, 6) is -1.38. The number of imide groups is 1. The molecule has 1 saturated heterocycles. The van der Waals surface area contributed by atoms with E-state index >= 15 is 0 Å². The Bertz CT molecular complexity index is 348. The minimum absolute atomic E-state index is 0.00308. The van der Waals surface area contributed by atoms with Crippen LogP contribution in [-0.4, -0.2) is 33.8 Å². The van der Waals surface area contributed by atoms with Gasteiger partial charge in [-0.05, 0) is 32.1 Å². The van der Waals surface area contributed by atoms with E-state index in [0.717, 1.165) is 19.3 Å². The molecule has 5 nitrogen and oxygen atoms in total. The van der Waals surface area contributed by atoms with Gasteiger partial charge >= 0.3 is 5.97 Å². The lowest BCUT2D eigenvalue weighted by atomic mass is 9.85. The second kappa shape index (κ2) is 4.85. The maximum Gasteiger partial charge on any atom is 0.303 e. The number of carboxylic acids is 1. The van der Waals surface area contributed by atoms with Gasteiger partial charge in [0.15, 0.2) is 0 Å². The van der Waals surface area contributed by atoms with Crippen molar-refractivity contribution in [1.29, 1.82) is 0 Å². The van der Waals surface area contributed by atoms with Crippen LogP contribution in [0.1, 0.15) is 44.9 Å². The largest absolute Gasteiger partial charge is 0.481 e. The number of hydrogen-bond donors (Lipinski definition) is 1. The van der Waals surface area contributed by atoms with Gasteiger partial charge in [-0.25, -0.2) is 0 Å². The molecular formula is C12H17NO4. The van der Waals surface area contributed by atoms with Crippen molar-refractivity contribution in [1.82, 2.24) is 4.90 Å². The normalized spacial score (nSPS) is 25.9. The average Bonchev–Trinajstić information content (AvgIpc) is 2.20. The molecule has 2 rings (SSSR count). The summed E-state index contributed by atoms with van der Waals surface area (Å²) in [6.07, 6.45) is 4.13. The first kappa shape index (κ1) is 12.1. The molecular weight excluding hydrogens is 222 g/mol. The summed E-state index contributed by atoms with van der Waals surface area (Å²) in [5.41, 5.74) is 0. The number of likely N-dealkylation sites (tertiary alicyclic amines) is 1. The predicted molar refractivity (Wildman–Crippen MR) is 59.1 cm³/mol. The van der Waals surface area contributed by atoms with Gasteiger partial charge in [0.05, 0.1) is 0 Å². The zero-order valence-electron chi connectivity index (χ0n) is 9.72. The predicted octanol–water partition coefficient (Wildman–Crippen LogP) is 1.17. The smallest absolute Gasteiger partial charge is 0.303 e. The van der Waals surface area contributed by atoms with Crippen LogP contribution in [0.15, 0.2) is 0 Å². The fourth-order valence-corrected chi connectivity index (χ4v) is 2.46. The monoisotopic (exact) mass is 239 g/mol. The molecule has 1 atom stereocenters. The summed E-state index contributed by atoms with van der Waals surface area (Å²) in [4.78, 5) is 35.7. The number of carboxylic acid groups (broad SMARTS) is 1. The third-order valence-corrected chi connectivity index (χ3v) is 3.71. The molecule has 1 N–H and O–H groups in total. The van der Waals surface area contributed by atoms with Crippen molar-refractivity contribution in [2.75, 3.05) is 0 Å². The van der Waals surface area contributed by atoms with E-state index in [-0.39, 0.29) is 30.2 Å². The SMILES string of the molecule is O=C(O)CCC1CCC(=O)N(C2CCC2)C1=O. The molecule has 1 aliphatic heterocycles. The minimum atomic E-state index is -0.884. The van der Waals surface area contributed by atoms with E-state index in [4.69, 9.17) is 5.11 Å². The molecule has 1 heterocycles. The van der Waals surface area contributed by atoms with Crippen LogP contribution in [0.2, 0.25) is 0 Å². The molecule has 1 unspecified atom stereocenters. The third kappa shape index (κ3) is 2.48. The first-order valence-corrected chi connectivity index (χ1v) is 6.17. The second-order valence-electron chi connectivity index (χ2n) is 4.85. The number of amides is 2. The van der Waals surface area contributed by atoms with Gasteiger partial charge in [0.1, 0.15) is 0 Å². The van der Waals surface area contributed by atoms with Gasteiger partial charge in [-0.1, -0.05) is 0 Å². The second-order valence-corrected chi connectivity index (χ2v) is 4.85. The highest BCUT2D eigenvalue weighted by molar-refractivity contribution is 5.99. The lowest BCUT2D eigenvalue weighted by molar-refractivity contribution is -0.157. The molecule has 94 valence electrons. The summed E-state index contributed by atoms with van der Waals surface area (Å²) in [6, 6.07) is 0.0858. The molecule has 5 heteroatoms. The summed E-state index contributed by atoms with van der Waals surface area (Å²) < 4.78 is 0. The lowest BCUT2D eigenvalue weighted by Gasteiger charge is -2.40. The van der Waals surface area contributed by atoms with Gasteiger partial charge in [0.2, 0.25) is 11.8 Å². The van der Waals surface area contributed by atoms with Crippen LogP contribution in [0.25, 0.3) is 0 Å². The number of piperidine rings is 1. The van der Waals surface area contributed by atoms with Crippen molar-refractivity contribution >= 4 is 17.8 Å². The van der Waals surface area contributed by atoms with E-state index in [0.29, 0.717) is 19.3 Å². The van der Waals surface area contributed by atoms with Gasteiger partial charge in [0, 0.05) is 24.8 Å². The number of rotatable bonds is 4. The molecule has 17 heavy (non-hydrogen) atoms. The Labute approximate surface area is 99.8 Å². The van der Waals surface area contributed by atoms with Crippen LogP contribution in [0.4, 0.5) is 0 Å². The number of aliphatic carboxylic acids is 1. The van der Waals surface area contributed by atoms with Crippen molar-refractivity contribution in [3.63, 3.8) is 0 Å². The van der Waals surface area contributed by atoms with Crippen LogP contribution < -0.4 is 0 Å². The molecule has 2 aliphatic rings. The van der Waals surface area contributed by atoms with Gasteiger partial charge < -0.3 is 5.11 Å². The number of carbonyl (C=O) groups excluding carboxylic acids is 2. The van der Waals surface area contributed by atoms with E-state index in [1.165, 1.54) is 4.90 Å². The van der Waals surface area contributed by atoms with Gasteiger partial charge in [-0.3, -0.25) is 19.3 Å². The fourth-order valence-electron chi connectivity index (χ4n) is 2.46. The first-order chi connectivity index (χ1) is 8.09. The van der Waals surface area contributed by atoms with E-state index in [2.05, 4.69) is 0 Å². The van der Waals surface area contributed by atoms with E-state index < -0.39 is 5.97 Å². The Morgan fingerprint density at radius 3 is 2.53 bits per heavy atom. The quantitative estimate of drug-likeness (QED) is 0.747. The maximum absolute atomic E-state index is 12.1. The maximum atomic E-state index is 12.1. The molecule has 1 aliphatic carbocycles. The van der Waals surface area contributed by atoms with Crippen molar-refractivity contribution < 1.29 is 19.5 Å². The van der Waals surface area contributed by atoms with Crippen molar-refractivity contribution in [3.8, 4) is 0 Å². The molecule has 0 bridgehead atoms. The van der Waals surface area contributed by atoms with Crippen molar-refractivity contribution in [2.45, 2.75) is 51.0 Å². The molecule has 2 fully saturated rings. The molecule has 0 aromatic rings. The zero-order valence-corrected chi connectivity index (χ0v) is 9.72. The Kier molecular flexibility index (Phi) is 3.45. The molecule has 2 amide bonds. The summed E-state index contributed by atoms with van der Waals surface area (Å²) >= 11 is 0. The Morgan fingerprint density at radius 2 is 2.00 bits per heavy atom. The van der Waals surface area contributed by atoms with E-state index in [1.54, 1.807) is 0 Å². The fraction of sp³-hybridized carbons (Fsp3) is 0.750. The number of nitrogens with zero attached hydrogens (tertiary/aromatic N) is 1. The van der Waals surface area contributed by atoms with Crippen molar-refractivity contribution in [3.05, 3.63) is 0 Å². The van der Waals surface area contributed by atoms with Crippen LogP contribution >= 0.6 is 0 Å². The Balaban J connectivity index is 1.98. The summed E-state index contributed by atoms with van der Waals surface area (Å²) in [6.45, 7) is 0. The highest BCUT2D eigenvalue weighted by Crippen LogP contribution is 2.32. The van der Waals surface area contributed by atoms with Crippen LogP contribution in [-0.2, 0) is 14.4 Å². The van der Waals surface area contributed by atoms with Crippen LogP contribution in [0.5, 0.6) is 0 Å². The lowest BCUT2D eigenvalue weighted by Crippen LogP contribution is -2.53. The van der Waals surface area contributed by atoms with Gasteiger partial charge in [-0.2, -0.15) is 0 Å². The van der Waals surface area contributed by atoms with Crippen LogP contribution in [0, 0.1) is 5.92 Å². The van der Waals surface area contributed by atoms with Crippen molar-refractivity contribution in [2.24, 2.45) is 5.92 Å². The van der Waals surface area contributed by atoms with E-state index in [1.807, 2.05) is 0 Å². The molecule has 0 aromatic carbocycles. The van der Waals surface area contributed by atoms with Gasteiger partial charge in [0.25, 0.3) is 0 Å². The highest BCUT2D eigenvalue weighted by atomic mass is 16.4.